The van der Waals surface area contributed by atoms with Gasteiger partial charge in [-0.15, -0.1) is 0 Å². The number of fused-ring (bicyclic) bond motifs is 1. The van der Waals surface area contributed by atoms with E-state index >= 15 is 0 Å². The third-order valence-corrected chi connectivity index (χ3v) is 5.46. The quantitative estimate of drug-likeness (QED) is 0.300. The lowest BCUT2D eigenvalue weighted by Crippen LogP contribution is -2.09. The van der Waals surface area contributed by atoms with Crippen LogP contribution in [0, 0.1) is 13.8 Å². The molecule has 2 aromatic heterocycles. The van der Waals surface area contributed by atoms with Crippen LogP contribution in [-0.4, -0.2) is 24.3 Å². The summed E-state index contributed by atoms with van der Waals surface area (Å²) in [6, 6.07) is 11.6. The molecule has 1 N–H and O–H groups in total. The van der Waals surface area contributed by atoms with Crippen molar-refractivity contribution in [2.24, 2.45) is 0 Å². The summed E-state index contributed by atoms with van der Waals surface area (Å²) in [7, 11) is 0. The topological polar surface area (TPSA) is 86.7 Å². The van der Waals surface area contributed by atoms with E-state index in [0.717, 1.165) is 44.5 Å². The summed E-state index contributed by atoms with van der Waals surface area (Å²) < 4.78 is 22.5. The van der Waals surface area contributed by atoms with Gasteiger partial charge in [0.25, 0.3) is 0 Å². The van der Waals surface area contributed by atoms with Crippen molar-refractivity contribution in [3.8, 4) is 22.6 Å². The Hall–Kier alpha value is -4.00. The molecule has 0 spiro atoms. The number of aromatic nitrogens is 1. The Labute approximate surface area is 198 Å². The number of anilines is 1. The van der Waals surface area contributed by atoms with Gasteiger partial charge in [-0.3, -0.25) is 4.79 Å². The number of aryl methyl sites for hydroxylation is 2. The van der Waals surface area contributed by atoms with Crippen molar-refractivity contribution in [3.63, 3.8) is 0 Å². The van der Waals surface area contributed by atoms with Crippen LogP contribution in [0.4, 0.5) is 5.82 Å². The Morgan fingerprint density at radius 2 is 1.82 bits per heavy atom. The van der Waals surface area contributed by atoms with Crippen LogP contribution in [0.2, 0.25) is 0 Å². The Bertz CT molecular complexity index is 1350. The second kappa shape index (κ2) is 9.87. The van der Waals surface area contributed by atoms with Crippen molar-refractivity contribution in [1.82, 2.24) is 5.16 Å². The molecule has 0 aliphatic rings. The molecule has 4 aromatic rings. The first-order valence-electron chi connectivity index (χ1n) is 11.2. The van der Waals surface area contributed by atoms with Gasteiger partial charge in [0, 0.05) is 34.2 Å². The fourth-order valence-corrected chi connectivity index (χ4v) is 3.92. The minimum Gasteiger partial charge on any atom is -0.494 e. The predicted molar refractivity (Wildman–Crippen MR) is 132 cm³/mol. The number of furan rings is 1. The minimum atomic E-state index is -0.301. The zero-order chi connectivity index (χ0) is 24.2. The number of benzene rings is 2. The lowest BCUT2D eigenvalue weighted by atomic mass is 9.96. The highest BCUT2D eigenvalue weighted by Gasteiger charge is 2.19. The third-order valence-electron chi connectivity index (χ3n) is 5.46. The summed E-state index contributed by atoms with van der Waals surface area (Å²) in [5, 5.41) is 7.48. The molecule has 7 nitrogen and oxygen atoms in total. The van der Waals surface area contributed by atoms with Crippen molar-refractivity contribution >= 4 is 28.3 Å². The summed E-state index contributed by atoms with van der Waals surface area (Å²) in [4.78, 5) is 12.6. The number of hydrogen-bond acceptors (Lipinski definition) is 6. The molecule has 0 saturated carbocycles. The highest BCUT2D eigenvalue weighted by Crippen LogP contribution is 2.41. The first-order valence-corrected chi connectivity index (χ1v) is 11.2. The predicted octanol–water partition coefficient (Wildman–Crippen LogP) is 6.54. The minimum absolute atomic E-state index is 0.301. The van der Waals surface area contributed by atoms with E-state index in [1.807, 2.05) is 58.0 Å². The third kappa shape index (κ3) is 4.69. The van der Waals surface area contributed by atoms with Crippen LogP contribution in [-0.2, 0) is 4.79 Å². The number of hydrogen-bond donors (Lipinski definition) is 1. The fraction of sp³-hybridized carbons (Fsp3) is 0.259. The van der Waals surface area contributed by atoms with Gasteiger partial charge in [0.15, 0.2) is 5.82 Å². The second-order valence-electron chi connectivity index (χ2n) is 7.93. The van der Waals surface area contributed by atoms with Crippen LogP contribution in [0.3, 0.4) is 0 Å². The molecule has 0 bridgehead atoms. The Morgan fingerprint density at radius 3 is 2.47 bits per heavy atom. The van der Waals surface area contributed by atoms with Crippen molar-refractivity contribution in [1.29, 1.82) is 0 Å². The molecule has 0 radical (unpaired) electrons. The van der Waals surface area contributed by atoms with E-state index in [-0.39, 0.29) is 5.91 Å². The maximum atomic E-state index is 12.6. The fourth-order valence-electron chi connectivity index (χ4n) is 3.92. The standard InChI is InChI=1S/C27H28N2O5/c1-6-31-20-10-8-19(9-11-20)23-15-33-27-18(5)26(32-7-2)21(14-22(23)27)16(3)12-25(30)28-24-13-17(4)34-29-24/h8-15H,6-7H2,1-5H3,(H,28,29,30)/b16-12+. The number of carbonyl (C=O) groups is 1. The van der Waals surface area contributed by atoms with Gasteiger partial charge >= 0.3 is 0 Å². The van der Waals surface area contributed by atoms with Crippen LogP contribution in [0.1, 0.15) is 37.7 Å². The molecule has 0 aliphatic heterocycles. The molecule has 0 aliphatic carbocycles. The molecule has 2 heterocycles. The van der Waals surface area contributed by atoms with Gasteiger partial charge in [-0.05, 0) is 64.0 Å². The number of carbonyl (C=O) groups excluding carboxylic acids is 1. The van der Waals surface area contributed by atoms with E-state index < -0.39 is 0 Å². The molecular weight excluding hydrogens is 432 g/mol. The van der Waals surface area contributed by atoms with Gasteiger partial charge in [-0.1, -0.05) is 17.3 Å². The largest absolute Gasteiger partial charge is 0.494 e. The zero-order valence-corrected chi connectivity index (χ0v) is 20.0. The maximum Gasteiger partial charge on any atom is 0.249 e. The Morgan fingerprint density at radius 1 is 1.09 bits per heavy atom. The van der Waals surface area contributed by atoms with E-state index in [9.17, 15) is 4.79 Å². The van der Waals surface area contributed by atoms with Crippen molar-refractivity contribution in [2.45, 2.75) is 34.6 Å². The van der Waals surface area contributed by atoms with Crippen molar-refractivity contribution < 1.29 is 23.2 Å². The number of amides is 1. The molecule has 0 atom stereocenters. The van der Waals surface area contributed by atoms with E-state index in [4.69, 9.17) is 18.4 Å². The first kappa shape index (κ1) is 23.2. The second-order valence-corrected chi connectivity index (χ2v) is 7.93. The Balaban J connectivity index is 1.76. The highest BCUT2D eigenvalue weighted by atomic mass is 16.5. The molecule has 2 aromatic carbocycles. The first-order chi connectivity index (χ1) is 16.4. The Kier molecular flexibility index (Phi) is 6.72. The summed E-state index contributed by atoms with van der Waals surface area (Å²) in [6.45, 7) is 10.6. The average molecular weight is 461 g/mol. The maximum absolute atomic E-state index is 12.6. The van der Waals surface area contributed by atoms with Crippen LogP contribution in [0.25, 0.3) is 27.7 Å². The summed E-state index contributed by atoms with van der Waals surface area (Å²) in [6.07, 6.45) is 3.29. The number of nitrogens with one attached hydrogen (secondary N) is 1. The van der Waals surface area contributed by atoms with Gasteiger partial charge in [0.05, 0.1) is 19.5 Å². The van der Waals surface area contributed by atoms with Crippen molar-refractivity contribution in [2.75, 3.05) is 18.5 Å². The SMILES string of the molecule is CCOc1ccc(-c2coc3c(C)c(OCC)c(/C(C)=C/C(=O)Nc4cc(C)on4)cc23)cc1. The normalized spacial score (nSPS) is 11.6. The molecule has 0 saturated heterocycles. The average Bonchev–Trinajstić information content (AvgIpc) is 3.42. The van der Waals surface area contributed by atoms with E-state index in [2.05, 4.69) is 10.5 Å². The van der Waals surface area contributed by atoms with E-state index in [1.165, 1.54) is 6.08 Å². The highest BCUT2D eigenvalue weighted by molar-refractivity contribution is 6.05. The molecule has 7 heteroatoms. The van der Waals surface area contributed by atoms with Crippen LogP contribution in [0.15, 0.2) is 57.7 Å². The molecule has 0 unspecified atom stereocenters. The lowest BCUT2D eigenvalue weighted by molar-refractivity contribution is -0.111. The zero-order valence-electron chi connectivity index (χ0n) is 20.0. The monoisotopic (exact) mass is 460 g/mol. The molecule has 34 heavy (non-hydrogen) atoms. The van der Waals surface area contributed by atoms with Gasteiger partial charge in [0.1, 0.15) is 22.8 Å². The van der Waals surface area contributed by atoms with Crippen LogP contribution >= 0.6 is 0 Å². The van der Waals surface area contributed by atoms with Gasteiger partial charge in [-0.25, -0.2) is 0 Å². The number of allylic oxidation sites excluding steroid dienone is 1. The molecule has 0 fully saturated rings. The number of nitrogens with zero attached hydrogens (tertiary/aromatic N) is 1. The lowest BCUT2D eigenvalue weighted by Gasteiger charge is -2.15. The molecule has 1 amide bonds. The van der Waals surface area contributed by atoms with Crippen molar-refractivity contribution in [3.05, 3.63) is 65.6 Å². The summed E-state index contributed by atoms with van der Waals surface area (Å²) in [5.74, 6) is 2.21. The number of rotatable bonds is 8. The number of ether oxygens (including phenoxy) is 2. The van der Waals surface area contributed by atoms with Crippen LogP contribution < -0.4 is 14.8 Å². The molecule has 4 rings (SSSR count). The smallest absolute Gasteiger partial charge is 0.249 e. The van der Waals surface area contributed by atoms with Crippen LogP contribution in [0.5, 0.6) is 11.5 Å². The van der Waals surface area contributed by atoms with Gasteiger partial charge in [-0.2, -0.15) is 0 Å². The van der Waals surface area contributed by atoms with Gasteiger partial charge in [0.2, 0.25) is 5.91 Å². The molecular formula is C27H28N2O5. The van der Waals surface area contributed by atoms with Gasteiger partial charge < -0.3 is 23.7 Å². The van der Waals surface area contributed by atoms with E-state index in [1.54, 1.807) is 19.3 Å². The summed E-state index contributed by atoms with van der Waals surface area (Å²) in [5.41, 5.74) is 5.19. The summed E-state index contributed by atoms with van der Waals surface area (Å²) >= 11 is 0. The van der Waals surface area contributed by atoms with E-state index in [0.29, 0.717) is 30.5 Å². The molecule has 176 valence electrons.